The first-order chi connectivity index (χ1) is 17.8. The van der Waals surface area contributed by atoms with E-state index in [-0.39, 0.29) is 28.2 Å². The number of carboxylic acids is 1. The second-order valence-corrected chi connectivity index (χ2v) is 11.0. The van der Waals surface area contributed by atoms with Gasteiger partial charge in [0.25, 0.3) is 11.8 Å². The van der Waals surface area contributed by atoms with E-state index in [2.05, 4.69) is 20.8 Å². The molecule has 4 heterocycles. The number of nitrogens with two attached hydrogens (primary N) is 1. The summed E-state index contributed by atoms with van der Waals surface area (Å²) in [5.41, 5.74) is 5.92. The minimum atomic E-state index is -1.29. The van der Waals surface area contributed by atoms with E-state index in [4.69, 9.17) is 5.73 Å². The summed E-state index contributed by atoms with van der Waals surface area (Å²) >= 11 is 2.33. The number of nitrogens with zero attached hydrogens (tertiary/aromatic N) is 4. The smallest absolute Gasteiger partial charge is 0.352 e. The minimum Gasteiger partial charge on any atom is -0.477 e. The fraction of sp³-hybridized carbons (Fsp3) is 0.455. The summed E-state index contributed by atoms with van der Waals surface area (Å²) in [7, 11) is 0. The molecule has 1 aromatic rings. The fourth-order valence-corrected chi connectivity index (χ4v) is 6.34. The number of nitrogens with one attached hydrogen (secondary N) is 2. The van der Waals surface area contributed by atoms with Gasteiger partial charge in [-0.05, 0) is 30.9 Å². The maximum atomic E-state index is 12.9. The average Bonchev–Trinajstić information content (AvgIpc) is 3.51. The number of oxime groups is 1. The van der Waals surface area contributed by atoms with Gasteiger partial charge in [-0.15, -0.1) is 23.1 Å². The molecule has 6 N–H and O–H groups in total. The Morgan fingerprint density at radius 2 is 2.11 bits per heavy atom. The number of allylic oxidation sites excluding steroid dienone is 1. The number of nitrogen functional groups attached to an aromatic ring is 1. The van der Waals surface area contributed by atoms with Gasteiger partial charge in [-0.3, -0.25) is 19.3 Å². The lowest BCUT2D eigenvalue weighted by Crippen LogP contribution is -2.71. The number of thiazole rings is 1. The monoisotopic (exact) mass is 547 g/mol. The van der Waals surface area contributed by atoms with Crippen LogP contribution in [0, 0.1) is 0 Å². The Bertz CT molecular complexity index is 1250. The van der Waals surface area contributed by atoms with E-state index in [0.717, 1.165) is 22.8 Å². The molecule has 2 atom stereocenters. The van der Waals surface area contributed by atoms with Crippen LogP contribution in [0.2, 0.25) is 0 Å². The topological polar surface area (TPSA) is 191 Å². The number of aliphatic carboxylic acids is 1. The summed E-state index contributed by atoms with van der Waals surface area (Å²) in [6.45, 7) is 1.88. The number of amides is 3. The minimum absolute atomic E-state index is 0.0565. The van der Waals surface area contributed by atoms with Crippen molar-refractivity contribution < 1.29 is 29.5 Å². The van der Waals surface area contributed by atoms with Gasteiger partial charge < -0.3 is 31.6 Å². The van der Waals surface area contributed by atoms with Crippen molar-refractivity contribution in [2.24, 2.45) is 5.16 Å². The number of anilines is 1. The zero-order valence-electron chi connectivity index (χ0n) is 19.5. The lowest BCUT2D eigenvalue weighted by molar-refractivity contribution is -0.150. The first kappa shape index (κ1) is 25.2. The van der Waals surface area contributed by atoms with E-state index in [1.807, 2.05) is 0 Å². The van der Waals surface area contributed by atoms with Crippen LogP contribution in [-0.4, -0.2) is 97.3 Å². The third-order valence-electron chi connectivity index (χ3n) is 6.52. The van der Waals surface area contributed by atoms with Crippen LogP contribution in [0.15, 0.2) is 33.5 Å². The molecule has 13 nitrogen and oxygen atoms in total. The standard InChI is InChI=1S/C22H25N7O6S2/c23-22-25-13(9-37-22)14(27-35)17(30)26-15-19(32)29-16(21(33)34)11(8-36-20(15)29)7-10-3-5-28(18(10)31)6-4-24-12-1-2-12/h7,9,12,15,20,24,35H,1-6,8H2,(H2,23,25)(H,26,30)(H,33,34)/t15-,20-/m1/s1. The van der Waals surface area contributed by atoms with Crippen LogP contribution in [0.3, 0.4) is 0 Å². The SMILES string of the molecule is Nc1nc(C(=NO)C(=O)N[C@@H]2C(=O)N3C(C(=O)O)=C(C=C4CCN(CCNC5CC5)C4=O)CS[C@H]23)cs1. The number of β-lactam (4-membered cyclic amide) rings is 1. The highest BCUT2D eigenvalue weighted by Crippen LogP contribution is 2.41. The number of rotatable bonds is 9. The van der Waals surface area contributed by atoms with Crippen molar-refractivity contribution in [1.82, 2.24) is 25.4 Å². The zero-order chi connectivity index (χ0) is 26.3. The molecule has 3 amide bonds. The van der Waals surface area contributed by atoms with Crippen LogP contribution in [0.5, 0.6) is 0 Å². The van der Waals surface area contributed by atoms with Crippen molar-refractivity contribution >= 4 is 57.6 Å². The number of hydrogen-bond acceptors (Lipinski definition) is 11. The highest BCUT2D eigenvalue weighted by atomic mass is 32.2. The average molecular weight is 548 g/mol. The van der Waals surface area contributed by atoms with Crippen molar-refractivity contribution in [3.63, 3.8) is 0 Å². The van der Waals surface area contributed by atoms with Crippen LogP contribution in [0.4, 0.5) is 5.13 Å². The second-order valence-electron chi connectivity index (χ2n) is 9.00. The molecule has 196 valence electrons. The molecule has 0 bridgehead atoms. The summed E-state index contributed by atoms with van der Waals surface area (Å²) in [6, 6.07) is -0.462. The number of fused-ring (bicyclic) bond motifs is 1. The molecule has 3 fully saturated rings. The lowest BCUT2D eigenvalue weighted by Gasteiger charge is -2.49. The maximum Gasteiger partial charge on any atom is 0.352 e. The fourth-order valence-electron chi connectivity index (χ4n) is 4.49. The molecule has 0 unspecified atom stereocenters. The Morgan fingerprint density at radius 1 is 1.32 bits per heavy atom. The number of carboxylic acid groups (broad SMARTS) is 1. The Labute approximate surface area is 219 Å². The van der Waals surface area contributed by atoms with Crippen molar-refractivity contribution in [3.8, 4) is 0 Å². The van der Waals surface area contributed by atoms with Crippen LogP contribution >= 0.6 is 23.1 Å². The number of carbonyl (C=O) groups is 4. The van der Waals surface area contributed by atoms with Gasteiger partial charge in [-0.1, -0.05) is 5.16 Å². The van der Waals surface area contributed by atoms with E-state index in [9.17, 15) is 29.5 Å². The number of hydrogen-bond donors (Lipinski definition) is 5. The molecule has 2 saturated heterocycles. The summed E-state index contributed by atoms with van der Waals surface area (Å²) in [5.74, 6) is -2.62. The Kier molecular flexibility index (Phi) is 6.92. The van der Waals surface area contributed by atoms with Gasteiger partial charge in [0.2, 0.25) is 5.91 Å². The van der Waals surface area contributed by atoms with Gasteiger partial charge in [0.15, 0.2) is 10.8 Å². The van der Waals surface area contributed by atoms with E-state index in [1.165, 1.54) is 30.0 Å². The Hall–Kier alpha value is -3.43. The molecule has 0 radical (unpaired) electrons. The summed E-state index contributed by atoms with van der Waals surface area (Å²) in [4.78, 5) is 57.4. The highest BCUT2D eigenvalue weighted by molar-refractivity contribution is 8.00. The molecule has 1 saturated carbocycles. The van der Waals surface area contributed by atoms with E-state index in [0.29, 0.717) is 36.7 Å². The van der Waals surface area contributed by atoms with Crippen molar-refractivity contribution in [3.05, 3.63) is 34.0 Å². The summed E-state index contributed by atoms with van der Waals surface area (Å²) in [5, 5.41) is 29.0. The molecular weight excluding hydrogens is 522 g/mol. The largest absolute Gasteiger partial charge is 0.477 e. The van der Waals surface area contributed by atoms with Gasteiger partial charge in [-0.2, -0.15) is 0 Å². The van der Waals surface area contributed by atoms with Crippen molar-refractivity contribution in [2.45, 2.75) is 36.7 Å². The normalized spacial score (nSPS) is 25.0. The van der Waals surface area contributed by atoms with Gasteiger partial charge in [0, 0.05) is 42.4 Å². The molecule has 37 heavy (non-hydrogen) atoms. The number of carbonyl (C=O) groups excluding carboxylic acids is 3. The van der Waals surface area contributed by atoms with Crippen LogP contribution in [-0.2, 0) is 19.2 Å². The third-order valence-corrected chi connectivity index (χ3v) is 8.50. The summed E-state index contributed by atoms with van der Waals surface area (Å²) < 4.78 is 0. The molecule has 0 aromatic carbocycles. The van der Waals surface area contributed by atoms with Crippen molar-refractivity contribution in [1.29, 1.82) is 0 Å². The van der Waals surface area contributed by atoms with Crippen LogP contribution < -0.4 is 16.4 Å². The van der Waals surface area contributed by atoms with E-state index in [1.54, 1.807) is 11.0 Å². The van der Waals surface area contributed by atoms with Gasteiger partial charge in [-0.25, -0.2) is 9.78 Å². The lowest BCUT2D eigenvalue weighted by atomic mass is 10.0. The predicted molar refractivity (Wildman–Crippen MR) is 135 cm³/mol. The first-order valence-electron chi connectivity index (χ1n) is 11.7. The highest BCUT2D eigenvalue weighted by Gasteiger charge is 2.54. The molecule has 3 aliphatic heterocycles. The maximum absolute atomic E-state index is 12.9. The van der Waals surface area contributed by atoms with Gasteiger partial charge in [0.1, 0.15) is 22.8 Å². The quantitative estimate of drug-likeness (QED) is 0.0890. The molecular formula is C22H25N7O6S2. The predicted octanol–water partition coefficient (Wildman–Crippen LogP) is -0.447. The molecule has 1 aliphatic carbocycles. The third kappa shape index (κ3) is 4.93. The van der Waals surface area contributed by atoms with Crippen LogP contribution in [0.25, 0.3) is 0 Å². The zero-order valence-corrected chi connectivity index (χ0v) is 21.2. The second kappa shape index (κ2) is 10.1. The molecule has 15 heteroatoms. The van der Waals surface area contributed by atoms with Crippen molar-refractivity contribution in [2.75, 3.05) is 31.1 Å². The molecule has 4 aliphatic rings. The van der Waals surface area contributed by atoms with Gasteiger partial charge >= 0.3 is 5.97 Å². The number of thioether (sulfide) groups is 1. The molecule has 1 aromatic heterocycles. The van der Waals surface area contributed by atoms with E-state index < -0.39 is 34.9 Å². The van der Waals surface area contributed by atoms with Gasteiger partial charge in [0.05, 0.1) is 0 Å². The Balaban J connectivity index is 1.28. The first-order valence-corrected chi connectivity index (χ1v) is 13.6. The molecule has 0 spiro atoms. The Morgan fingerprint density at radius 3 is 2.76 bits per heavy atom. The number of likely N-dealkylation sites (tertiary alicyclic amines) is 1. The van der Waals surface area contributed by atoms with Crippen LogP contribution in [0.1, 0.15) is 25.0 Å². The summed E-state index contributed by atoms with van der Waals surface area (Å²) in [6.07, 6.45) is 4.43. The van der Waals surface area contributed by atoms with E-state index >= 15 is 0 Å². The number of aromatic nitrogens is 1. The molecule has 5 rings (SSSR count).